The molecule has 5 unspecified atom stereocenters. The van der Waals surface area contributed by atoms with Crippen molar-refractivity contribution in [3.63, 3.8) is 0 Å². The molecule has 0 heterocycles. The third-order valence-corrected chi connectivity index (χ3v) is 5.06. The molecule has 4 heteroatoms. The van der Waals surface area contributed by atoms with Gasteiger partial charge in [0.2, 0.25) is 0 Å². The highest BCUT2D eigenvalue weighted by atomic mass is 35.5. The van der Waals surface area contributed by atoms with Crippen LogP contribution in [0.25, 0.3) is 0 Å². The van der Waals surface area contributed by atoms with Crippen LogP contribution in [-0.2, 0) is 0 Å². The molecule has 5 atom stereocenters. The van der Waals surface area contributed by atoms with Gasteiger partial charge in [-0.15, -0.1) is 24.8 Å². The monoisotopic (exact) mass is 252 g/mol. The molecule has 0 aromatic heterocycles. The molecular formula is C11H22Cl2N2. The Bertz CT molecular complexity index is 237. The smallest absolute Gasteiger partial charge is 0.0312 e. The van der Waals surface area contributed by atoms with E-state index in [1.54, 1.807) is 0 Å². The van der Waals surface area contributed by atoms with Crippen LogP contribution in [0.15, 0.2) is 0 Å². The van der Waals surface area contributed by atoms with Crippen molar-refractivity contribution in [2.75, 3.05) is 6.54 Å². The maximum absolute atomic E-state index is 6.37. The van der Waals surface area contributed by atoms with Gasteiger partial charge in [-0.2, -0.15) is 0 Å². The zero-order chi connectivity index (χ0) is 9.05. The van der Waals surface area contributed by atoms with E-state index in [0.29, 0.717) is 6.54 Å². The Kier molecular flexibility index (Phi) is 3.98. The Hall–Kier alpha value is 0.500. The molecule has 3 aliphatic carbocycles. The lowest BCUT2D eigenvalue weighted by molar-refractivity contribution is 0.162. The second kappa shape index (κ2) is 4.40. The predicted octanol–water partition coefficient (Wildman–Crippen LogP) is 1.94. The maximum Gasteiger partial charge on any atom is 0.0312 e. The first kappa shape index (κ1) is 13.6. The van der Waals surface area contributed by atoms with Crippen LogP contribution in [0, 0.1) is 23.7 Å². The first-order chi connectivity index (χ1) is 6.24. The van der Waals surface area contributed by atoms with Crippen LogP contribution in [0.2, 0.25) is 0 Å². The first-order valence-electron chi connectivity index (χ1n) is 5.73. The van der Waals surface area contributed by atoms with Crippen LogP contribution in [0.1, 0.15) is 32.1 Å². The maximum atomic E-state index is 6.37. The Morgan fingerprint density at radius 3 is 2.47 bits per heavy atom. The molecule has 0 spiro atoms. The zero-order valence-electron chi connectivity index (χ0n) is 9.02. The van der Waals surface area contributed by atoms with Crippen molar-refractivity contribution in [1.29, 1.82) is 0 Å². The molecule has 3 saturated carbocycles. The Labute approximate surface area is 104 Å². The van der Waals surface area contributed by atoms with Crippen LogP contribution in [0.3, 0.4) is 0 Å². The summed E-state index contributed by atoms with van der Waals surface area (Å²) in [4.78, 5) is 0. The predicted molar refractivity (Wildman–Crippen MR) is 67.5 cm³/mol. The average Bonchev–Trinajstić information content (AvgIpc) is 2.72. The molecule has 0 amide bonds. The average molecular weight is 253 g/mol. The Morgan fingerprint density at radius 2 is 1.80 bits per heavy atom. The van der Waals surface area contributed by atoms with E-state index in [9.17, 15) is 0 Å². The van der Waals surface area contributed by atoms with E-state index in [2.05, 4.69) is 0 Å². The molecule has 2 nitrogen and oxygen atoms in total. The topological polar surface area (TPSA) is 52.0 Å². The highest BCUT2D eigenvalue weighted by Crippen LogP contribution is 2.61. The van der Waals surface area contributed by atoms with Crippen LogP contribution in [-0.4, -0.2) is 12.1 Å². The minimum absolute atomic E-state index is 0. The van der Waals surface area contributed by atoms with Crippen molar-refractivity contribution < 1.29 is 0 Å². The number of hydrogen-bond donors (Lipinski definition) is 2. The largest absolute Gasteiger partial charge is 0.329 e. The van der Waals surface area contributed by atoms with Crippen molar-refractivity contribution >= 4 is 24.8 Å². The lowest BCUT2D eigenvalue weighted by Gasteiger charge is -2.39. The summed E-state index contributed by atoms with van der Waals surface area (Å²) in [5.41, 5.74) is 12.2. The fraction of sp³-hybridized carbons (Fsp3) is 1.00. The van der Waals surface area contributed by atoms with E-state index in [-0.39, 0.29) is 30.4 Å². The van der Waals surface area contributed by atoms with Crippen molar-refractivity contribution in [2.24, 2.45) is 35.1 Å². The molecule has 0 aromatic rings. The highest BCUT2D eigenvalue weighted by Gasteiger charge is 2.58. The second-order valence-corrected chi connectivity index (χ2v) is 5.50. The summed E-state index contributed by atoms with van der Waals surface area (Å²) in [5.74, 6) is 3.70. The van der Waals surface area contributed by atoms with Gasteiger partial charge >= 0.3 is 0 Å². The van der Waals surface area contributed by atoms with Gasteiger partial charge < -0.3 is 11.5 Å². The van der Waals surface area contributed by atoms with Gasteiger partial charge in [0.05, 0.1) is 0 Å². The summed E-state index contributed by atoms with van der Waals surface area (Å²) in [5, 5.41) is 0. The van der Waals surface area contributed by atoms with Crippen LogP contribution in [0.4, 0.5) is 0 Å². The molecule has 90 valence electrons. The normalized spacial score (nSPS) is 50.8. The summed E-state index contributed by atoms with van der Waals surface area (Å²) in [6, 6.07) is 0. The van der Waals surface area contributed by atoms with E-state index in [4.69, 9.17) is 11.5 Å². The molecule has 4 N–H and O–H groups in total. The molecular weight excluding hydrogens is 231 g/mol. The zero-order valence-corrected chi connectivity index (χ0v) is 10.7. The van der Waals surface area contributed by atoms with Gasteiger partial charge in [-0.1, -0.05) is 6.42 Å². The fourth-order valence-corrected chi connectivity index (χ4v) is 4.55. The van der Waals surface area contributed by atoms with Crippen LogP contribution >= 0.6 is 24.8 Å². The Balaban J connectivity index is 0.000000562. The van der Waals surface area contributed by atoms with Crippen molar-refractivity contribution in [1.82, 2.24) is 0 Å². The highest BCUT2D eigenvalue weighted by molar-refractivity contribution is 5.85. The molecule has 15 heavy (non-hydrogen) atoms. The molecule has 0 radical (unpaired) electrons. The number of fused-ring (bicyclic) bond motifs is 5. The second-order valence-electron chi connectivity index (χ2n) is 5.50. The Morgan fingerprint density at radius 1 is 1.13 bits per heavy atom. The minimum Gasteiger partial charge on any atom is -0.329 e. The third kappa shape index (κ3) is 1.70. The molecule has 3 aliphatic rings. The summed E-state index contributed by atoms with van der Waals surface area (Å²) >= 11 is 0. The van der Waals surface area contributed by atoms with Gasteiger partial charge in [0.15, 0.2) is 0 Å². The number of nitrogens with two attached hydrogens (primary N) is 2. The van der Waals surface area contributed by atoms with Gasteiger partial charge in [0, 0.05) is 12.1 Å². The summed E-state index contributed by atoms with van der Waals surface area (Å²) in [6.07, 6.45) is 6.97. The van der Waals surface area contributed by atoms with E-state index >= 15 is 0 Å². The van der Waals surface area contributed by atoms with Gasteiger partial charge in [0.1, 0.15) is 0 Å². The first-order valence-corrected chi connectivity index (χ1v) is 5.73. The van der Waals surface area contributed by atoms with Gasteiger partial charge in [-0.3, -0.25) is 0 Å². The van der Waals surface area contributed by atoms with Gasteiger partial charge in [-0.25, -0.2) is 0 Å². The summed E-state index contributed by atoms with van der Waals surface area (Å²) in [6.45, 7) is 0.706. The van der Waals surface area contributed by atoms with Crippen LogP contribution < -0.4 is 11.5 Å². The van der Waals surface area contributed by atoms with E-state index in [0.717, 1.165) is 23.7 Å². The van der Waals surface area contributed by atoms with E-state index in [1.807, 2.05) is 0 Å². The summed E-state index contributed by atoms with van der Waals surface area (Å²) < 4.78 is 0. The van der Waals surface area contributed by atoms with Gasteiger partial charge in [0.25, 0.3) is 0 Å². The molecule has 0 saturated heterocycles. The lowest BCUT2D eigenvalue weighted by atomic mass is 9.71. The third-order valence-electron chi connectivity index (χ3n) is 5.06. The molecule has 0 aliphatic heterocycles. The van der Waals surface area contributed by atoms with E-state index < -0.39 is 0 Å². The van der Waals surface area contributed by atoms with Crippen molar-refractivity contribution in [3.8, 4) is 0 Å². The quantitative estimate of drug-likeness (QED) is 0.750. The summed E-state index contributed by atoms with van der Waals surface area (Å²) in [7, 11) is 0. The van der Waals surface area contributed by atoms with E-state index in [1.165, 1.54) is 32.1 Å². The molecule has 0 aromatic carbocycles. The van der Waals surface area contributed by atoms with Crippen LogP contribution in [0.5, 0.6) is 0 Å². The molecule has 3 fully saturated rings. The van der Waals surface area contributed by atoms with Gasteiger partial charge in [-0.05, 0) is 49.4 Å². The van der Waals surface area contributed by atoms with Crippen molar-refractivity contribution in [2.45, 2.75) is 37.6 Å². The lowest BCUT2D eigenvalue weighted by Crippen LogP contribution is -2.54. The minimum atomic E-state index is 0. The molecule has 3 rings (SSSR count). The number of halogens is 2. The number of hydrogen-bond acceptors (Lipinski definition) is 2. The SMILES string of the molecule is Cl.Cl.NCC1(N)CC2CC1C1CCCC21. The molecule has 2 bridgehead atoms. The standard InChI is InChI=1S/C11H20N2.2ClH/c12-6-11(13)5-7-4-10(11)9-3-1-2-8(7)9;;/h7-10H,1-6,12-13H2;2*1H. The number of rotatable bonds is 1. The fourth-order valence-electron chi connectivity index (χ4n) is 4.55. The van der Waals surface area contributed by atoms with Crippen molar-refractivity contribution in [3.05, 3.63) is 0 Å².